The molecule has 2 aromatic rings. The van der Waals surface area contributed by atoms with E-state index in [0.29, 0.717) is 24.3 Å². The van der Waals surface area contributed by atoms with Crippen molar-refractivity contribution in [3.63, 3.8) is 0 Å². The summed E-state index contributed by atoms with van der Waals surface area (Å²) in [5, 5.41) is 2.82. The minimum Gasteiger partial charge on any atom is -0.495 e. The van der Waals surface area contributed by atoms with E-state index in [-0.39, 0.29) is 16.6 Å². The van der Waals surface area contributed by atoms with Crippen LogP contribution in [0.1, 0.15) is 49.0 Å². The van der Waals surface area contributed by atoms with Gasteiger partial charge in [0, 0.05) is 30.9 Å². The molecule has 0 radical (unpaired) electrons. The summed E-state index contributed by atoms with van der Waals surface area (Å²) in [6.07, 6.45) is 2.73. The number of rotatable bonds is 9. The van der Waals surface area contributed by atoms with Crippen LogP contribution >= 0.6 is 0 Å². The molecule has 1 saturated heterocycles. The standard InChI is InChI=1S/C24H33N3O4S/c1-4-26(5-2)18-19-9-11-20(12-10-19)24(28)25-21-13-14-22(31-3)23(17-21)32(29,30)27-15-7-6-8-16-27/h9-14,17H,4-8,15-16,18H2,1-3H3,(H,25,28). The van der Waals surface area contributed by atoms with E-state index in [1.54, 1.807) is 24.3 Å². The lowest BCUT2D eigenvalue weighted by Crippen LogP contribution is -2.35. The molecule has 1 aliphatic heterocycles. The molecule has 0 unspecified atom stereocenters. The molecule has 1 aliphatic rings. The highest BCUT2D eigenvalue weighted by molar-refractivity contribution is 7.89. The first kappa shape index (κ1) is 24.2. The number of nitrogens with zero attached hydrogens (tertiary/aromatic N) is 2. The maximum Gasteiger partial charge on any atom is 0.255 e. The molecule has 1 fully saturated rings. The summed E-state index contributed by atoms with van der Waals surface area (Å²) >= 11 is 0. The number of ether oxygens (including phenoxy) is 1. The SMILES string of the molecule is CCN(CC)Cc1ccc(C(=O)Nc2ccc(OC)c(S(=O)(=O)N3CCCCC3)c2)cc1. The highest BCUT2D eigenvalue weighted by Crippen LogP contribution is 2.31. The van der Waals surface area contributed by atoms with Crippen LogP contribution in [0, 0.1) is 0 Å². The van der Waals surface area contributed by atoms with Gasteiger partial charge in [0.25, 0.3) is 5.91 Å². The number of carbonyl (C=O) groups is 1. The number of nitrogens with one attached hydrogen (secondary N) is 1. The van der Waals surface area contributed by atoms with Crippen LogP contribution in [0.2, 0.25) is 0 Å². The third-order valence-electron chi connectivity index (χ3n) is 5.87. The van der Waals surface area contributed by atoms with Gasteiger partial charge >= 0.3 is 0 Å². The van der Waals surface area contributed by atoms with Crippen LogP contribution in [-0.4, -0.2) is 56.8 Å². The van der Waals surface area contributed by atoms with Crippen LogP contribution < -0.4 is 10.1 Å². The highest BCUT2D eigenvalue weighted by Gasteiger charge is 2.29. The number of benzene rings is 2. The summed E-state index contributed by atoms with van der Waals surface area (Å²) in [6.45, 7) is 8.03. The van der Waals surface area contributed by atoms with E-state index < -0.39 is 10.0 Å². The molecule has 7 nitrogen and oxygen atoms in total. The van der Waals surface area contributed by atoms with E-state index in [0.717, 1.165) is 44.5 Å². The number of hydrogen-bond acceptors (Lipinski definition) is 5. The molecular weight excluding hydrogens is 426 g/mol. The zero-order chi connectivity index (χ0) is 23.1. The maximum absolute atomic E-state index is 13.2. The lowest BCUT2D eigenvalue weighted by Gasteiger charge is -2.26. The molecule has 1 heterocycles. The largest absolute Gasteiger partial charge is 0.495 e. The Morgan fingerprint density at radius 1 is 1.03 bits per heavy atom. The quantitative estimate of drug-likeness (QED) is 0.614. The summed E-state index contributed by atoms with van der Waals surface area (Å²) in [4.78, 5) is 15.1. The number of hydrogen-bond donors (Lipinski definition) is 1. The number of anilines is 1. The van der Waals surface area contributed by atoms with Crippen molar-refractivity contribution in [3.05, 3.63) is 53.6 Å². The van der Waals surface area contributed by atoms with Crippen molar-refractivity contribution >= 4 is 21.6 Å². The molecule has 3 rings (SSSR count). The lowest BCUT2D eigenvalue weighted by atomic mass is 10.1. The Labute approximate surface area is 191 Å². The van der Waals surface area contributed by atoms with Gasteiger partial charge in [-0.15, -0.1) is 0 Å². The second kappa shape index (κ2) is 10.9. The predicted molar refractivity (Wildman–Crippen MR) is 127 cm³/mol. The van der Waals surface area contributed by atoms with Crippen LogP contribution in [0.25, 0.3) is 0 Å². The van der Waals surface area contributed by atoms with E-state index in [4.69, 9.17) is 4.74 Å². The van der Waals surface area contributed by atoms with Crippen molar-refractivity contribution in [3.8, 4) is 5.75 Å². The lowest BCUT2D eigenvalue weighted by molar-refractivity contribution is 0.102. The van der Waals surface area contributed by atoms with Crippen molar-refractivity contribution in [2.45, 2.75) is 44.6 Å². The summed E-state index contributed by atoms with van der Waals surface area (Å²) in [5.74, 6) is -0.0137. The Morgan fingerprint density at radius 3 is 2.28 bits per heavy atom. The Balaban J connectivity index is 1.77. The summed E-state index contributed by atoms with van der Waals surface area (Å²) in [7, 11) is -2.25. The molecule has 1 N–H and O–H groups in total. The Kier molecular flexibility index (Phi) is 8.28. The molecule has 0 spiro atoms. The zero-order valence-electron chi connectivity index (χ0n) is 19.1. The van der Waals surface area contributed by atoms with Gasteiger partial charge in [0.1, 0.15) is 10.6 Å². The second-order valence-electron chi connectivity index (χ2n) is 7.94. The van der Waals surface area contributed by atoms with Crippen molar-refractivity contribution < 1.29 is 17.9 Å². The van der Waals surface area contributed by atoms with Gasteiger partial charge in [-0.25, -0.2) is 8.42 Å². The van der Waals surface area contributed by atoms with Gasteiger partial charge in [0.2, 0.25) is 10.0 Å². The van der Waals surface area contributed by atoms with E-state index >= 15 is 0 Å². The average Bonchev–Trinajstić information content (AvgIpc) is 2.83. The monoisotopic (exact) mass is 459 g/mol. The van der Waals surface area contributed by atoms with Gasteiger partial charge in [-0.1, -0.05) is 32.4 Å². The smallest absolute Gasteiger partial charge is 0.255 e. The van der Waals surface area contributed by atoms with Crippen molar-refractivity contribution in [1.29, 1.82) is 0 Å². The van der Waals surface area contributed by atoms with Crippen molar-refractivity contribution in [1.82, 2.24) is 9.21 Å². The first-order valence-electron chi connectivity index (χ1n) is 11.2. The van der Waals surface area contributed by atoms with E-state index in [9.17, 15) is 13.2 Å². The maximum atomic E-state index is 13.2. The van der Waals surface area contributed by atoms with Gasteiger partial charge in [0.05, 0.1) is 7.11 Å². The average molecular weight is 460 g/mol. The third kappa shape index (κ3) is 5.68. The van der Waals surface area contributed by atoms with Gasteiger partial charge in [-0.3, -0.25) is 9.69 Å². The van der Waals surface area contributed by atoms with Crippen LogP contribution in [-0.2, 0) is 16.6 Å². The first-order chi connectivity index (χ1) is 15.4. The van der Waals surface area contributed by atoms with E-state index in [2.05, 4.69) is 24.1 Å². The Morgan fingerprint density at radius 2 is 1.69 bits per heavy atom. The van der Waals surface area contributed by atoms with Crippen LogP contribution in [0.15, 0.2) is 47.4 Å². The third-order valence-corrected chi connectivity index (χ3v) is 7.79. The summed E-state index contributed by atoms with van der Waals surface area (Å²) in [5.41, 5.74) is 2.08. The Hall–Kier alpha value is -2.42. The number of carbonyl (C=O) groups excluding carboxylic acids is 1. The number of methoxy groups -OCH3 is 1. The van der Waals surface area contributed by atoms with Gasteiger partial charge in [0.15, 0.2) is 0 Å². The molecule has 1 amide bonds. The molecule has 2 aromatic carbocycles. The number of piperidine rings is 1. The molecule has 0 atom stereocenters. The summed E-state index contributed by atoms with van der Waals surface area (Å²) < 4.78 is 33.2. The molecular formula is C24H33N3O4S. The topological polar surface area (TPSA) is 79.0 Å². The fourth-order valence-electron chi connectivity index (χ4n) is 3.87. The molecule has 0 bridgehead atoms. The number of amides is 1. The van der Waals surface area contributed by atoms with E-state index in [1.807, 2.05) is 12.1 Å². The molecule has 174 valence electrons. The predicted octanol–water partition coefficient (Wildman–Crippen LogP) is 3.96. The van der Waals surface area contributed by atoms with Crippen molar-refractivity contribution in [2.75, 3.05) is 38.6 Å². The second-order valence-corrected chi connectivity index (χ2v) is 9.85. The normalized spacial score (nSPS) is 15.0. The molecule has 8 heteroatoms. The van der Waals surface area contributed by atoms with Crippen LogP contribution in [0.4, 0.5) is 5.69 Å². The Bertz CT molecular complexity index is 1010. The zero-order valence-corrected chi connectivity index (χ0v) is 20.0. The van der Waals surface area contributed by atoms with Crippen LogP contribution in [0.3, 0.4) is 0 Å². The fourth-order valence-corrected chi connectivity index (χ4v) is 5.57. The van der Waals surface area contributed by atoms with Crippen LogP contribution in [0.5, 0.6) is 5.75 Å². The van der Waals surface area contributed by atoms with Crippen molar-refractivity contribution in [2.24, 2.45) is 0 Å². The highest BCUT2D eigenvalue weighted by atomic mass is 32.2. The fraction of sp³-hybridized carbons (Fsp3) is 0.458. The molecule has 0 aromatic heterocycles. The first-order valence-corrected chi connectivity index (χ1v) is 12.6. The van der Waals surface area contributed by atoms with E-state index in [1.165, 1.54) is 17.5 Å². The van der Waals surface area contributed by atoms with Gasteiger partial charge < -0.3 is 10.1 Å². The minimum absolute atomic E-state index is 0.0780. The summed E-state index contributed by atoms with van der Waals surface area (Å²) in [6, 6.07) is 12.2. The minimum atomic E-state index is -3.70. The molecule has 0 aliphatic carbocycles. The molecule has 32 heavy (non-hydrogen) atoms. The van der Waals surface area contributed by atoms with Gasteiger partial charge in [-0.2, -0.15) is 4.31 Å². The number of sulfonamides is 1. The molecule has 0 saturated carbocycles. The van der Waals surface area contributed by atoms with Gasteiger partial charge in [-0.05, 0) is 61.8 Å².